The monoisotopic (exact) mass is 262 g/mol. The highest BCUT2D eigenvalue weighted by atomic mass is 32.1. The van der Waals surface area contributed by atoms with Gasteiger partial charge >= 0.3 is 0 Å². The lowest BCUT2D eigenvalue weighted by atomic mass is 10.1. The fraction of sp³-hybridized carbons (Fsp3) is 0.357. The molecule has 96 valence electrons. The van der Waals surface area contributed by atoms with Gasteiger partial charge in [-0.3, -0.25) is 0 Å². The molecule has 1 aromatic carbocycles. The van der Waals surface area contributed by atoms with Crippen molar-refractivity contribution in [2.75, 3.05) is 7.11 Å². The third-order valence-electron chi connectivity index (χ3n) is 2.68. The van der Waals surface area contributed by atoms with Crippen LogP contribution in [0.3, 0.4) is 0 Å². The molecule has 4 heteroatoms. The van der Waals surface area contributed by atoms with Crippen molar-refractivity contribution in [3.63, 3.8) is 0 Å². The van der Waals surface area contributed by atoms with Crippen molar-refractivity contribution in [1.29, 1.82) is 0 Å². The van der Waals surface area contributed by atoms with Gasteiger partial charge in [0, 0.05) is 31.3 Å². The number of hydrogen-bond donors (Lipinski definition) is 1. The Bertz CT molecular complexity index is 496. The van der Waals surface area contributed by atoms with Gasteiger partial charge < -0.3 is 10.1 Å². The maximum Gasteiger partial charge on any atom is 0.107 e. The normalized spacial score (nSPS) is 10.8. The third-order valence-corrected chi connectivity index (χ3v) is 3.59. The van der Waals surface area contributed by atoms with Crippen LogP contribution in [0.25, 0.3) is 0 Å². The second-order valence-corrected chi connectivity index (χ2v) is 5.49. The summed E-state index contributed by atoms with van der Waals surface area (Å²) in [6, 6.07) is 8.34. The molecule has 0 saturated carbocycles. The molecule has 0 aliphatic heterocycles. The molecular weight excluding hydrogens is 244 g/mol. The average molecular weight is 262 g/mol. The summed E-state index contributed by atoms with van der Waals surface area (Å²) in [5, 5.41) is 4.56. The van der Waals surface area contributed by atoms with Crippen LogP contribution in [0, 0.1) is 6.92 Å². The van der Waals surface area contributed by atoms with Crippen LogP contribution >= 0.6 is 11.3 Å². The summed E-state index contributed by atoms with van der Waals surface area (Å²) in [4.78, 5) is 5.59. The number of nitrogens with one attached hydrogen (secondary N) is 1. The number of ether oxygens (including phenoxy) is 1. The zero-order valence-electron chi connectivity index (χ0n) is 10.8. The van der Waals surface area contributed by atoms with E-state index in [-0.39, 0.29) is 0 Å². The Kier molecular flexibility index (Phi) is 4.87. The first-order chi connectivity index (χ1) is 8.79. The molecule has 0 atom stereocenters. The summed E-state index contributed by atoms with van der Waals surface area (Å²) >= 11 is 1.74. The lowest BCUT2D eigenvalue weighted by Gasteiger charge is -2.09. The van der Waals surface area contributed by atoms with E-state index < -0.39 is 0 Å². The molecule has 0 fully saturated rings. The number of hydrogen-bond acceptors (Lipinski definition) is 4. The summed E-state index contributed by atoms with van der Waals surface area (Å²) in [5.74, 6) is 0. The van der Waals surface area contributed by atoms with E-state index in [9.17, 15) is 0 Å². The predicted molar refractivity (Wildman–Crippen MR) is 74.5 cm³/mol. The molecule has 1 heterocycles. The first-order valence-corrected chi connectivity index (χ1v) is 6.79. The largest absolute Gasteiger partial charge is 0.380 e. The van der Waals surface area contributed by atoms with Crippen LogP contribution in [0.1, 0.15) is 21.0 Å². The maximum absolute atomic E-state index is 5.20. The molecular formula is C14H18N2OS. The summed E-state index contributed by atoms with van der Waals surface area (Å²) in [6.45, 7) is 4.40. The van der Waals surface area contributed by atoms with Crippen LogP contribution < -0.4 is 5.32 Å². The molecule has 0 aliphatic rings. The molecule has 2 aromatic rings. The van der Waals surface area contributed by atoms with Crippen LogP contribution in [-0.4, -0.2) is 12.1 Å². The fourth-order valence-electron chi connectivity index (χ4n) is 1.81. The van der Waals surface area contributed by atoms with E-state index in [2.05, 4.69) is 35.4 Å². The standard InChI is InChI=1S/C14H18N2OS/c1-11-7-16-14(18-11)9-15-8-12-5-3-4-6-13(12)10-17-2/h3-7,15H,8-10H2,1-2H3. The first kappa shape index (κ1) is 13.2. The molecule has 1 aromatic heterocycles. The number of nitrogens with zero attached hydrogens (tertiary/aromatic N) is 1. The lowest BCUT2D eigenvalue weighted by Crippen LogP contribution is -2.14. The zero-order chi connectivity index (χ0) is 12.8. The number of thiazole rings is 1. The zero-order valence-corrected chi connectivity index (χ0v) is 11.6. The van der Waals surface area contributed by atoms with E-state index in [4.69, 9.17) is 4.74 Å². The molecule has 0 bridgehead atoms. The van der Waals surface area contributed by atoms with Gasteiger partial charge in [0.25, 0.3) is 0 Å². The van der Waals surface area contributed by atoms with Gasteiger partial charge in [-0.2, -0.15) is 0 Å². The Morgan fingerprint density at radius 2 is 2.00 bits per heavy atom. The predicted octanol–water partition coefficient (Wildman–Crippen LogP) is 2.89. The Morgan fingerprint density at radius 3 is 2.67 bits per heavy atom. The molecule has 2 rings (SSSR count). The molecule has 0 spiro atoms. The van der Waals surface area contributed by atoms with Gasteiger partial charge in [-0.05, 0) is 18.1 Å². The SMILES string of the molecule is COCc1ccccc1CNCc1ncc(C)s1. The number of aromatic nitrogens is 1. The van der Waals surface area contributed by atoms with Gasteiger partial charge in [-0.15, -0.1) is 11.3 Å². The smallest absolute Gasteiger partial charge is 0.107 e. The van der Waals surface area contributed by atoms with Crippen LogP contribution in [0.5, 0.6) is 0 Å². The van der Waals surface area contributed by atoms with Crippen LogP contribution in [-0.2, 0) is 24.4 Å². The number of benzene rings is 1. The average Bonchev–Trinajstić information content (AvgIpc) is 2.78. The van der Waals surface area contributed by atoms with Crippen molar-refractivity contribution in [2.24, 2.45) is 0 Å². The van der Waals surface area contributed by atoms with E-state index in [0.29, 0.717) is 6.61 Å². The van der Waals surface area contributed by atoms with Crippen molar-refractivity contribution in [3.8, 4) is 0 Å². The van der Waals surface area contributed by atoms with Gasteiger partial charge in [0.05, 0.1) is 6.61 Å². The Morgan fingerprint density at radius 1 is 1.22 bits per heavy atom. The second-order valence-electron chi connectivity index (χ2n) is 4.17. The molecule has 0 aliphatic carbocycles. The van der Waals surface area contributed by atoms with Crippen molar-refractivity contribution < 1.29 is 4.74 Å². The quantitative estimate of drug-likeness (QED) is 0.869. The summed E-state index contributed by atoms with van der Waals surface area (Å²) in [7, 11) is 1.72. The van der Waals surface area contributed by atoms with Crippen LogP contribution in [0.15, 0.2) is 30.5 Å². The maximum atomic E-state index is 5.20. The van der Waals surface area contributed by atoms with E-state index in [1.165, 1.54) is 16.0 Å². The first-order valence-electron chi connectivity index (χ1n) is 5.97. The van der Waals surface area contributed by atoms with Crippen molar-refractivity contribution in [2.45, 2.75) is 26.6 Å². The van der Waals surface area contributed by atoms with Gasteiger partial charge in [0.1, 0.15) is 5.01 Å². The van der Waals surface area contributed by atoms with E-state index >= 15 is 0 Å². The summed E-state index contributed by atoms with van der Waals surface area (Å²) in [6.07, 6.45) is 1.92. The number of aryl methyl sites for hydroxylation is 1. The van der Waals surface area contributed by atoms with Gasteiger partial charge in [0.2, 0.25) is 0 Å². The highest BCUT2D eigenvalue weighted by Gasteiger charge is 2.02. The molecule has 0 radical (unpaired) electrons. The molecule has 1 N–H and O–H groups in total. The highest BCUT2D eigenvalue weighted by molar-refractivity contribution is 7.11. The van der Waals surface area contributed by atoms with E-state index in [0.717, 1.165) is 18.1 Å². The molecule has 3 nitrogen and oxygen atoms in total. The Balaban J connectivity index is 1.89. The molecule has 0 amide bonds. The summed E-state index contributed by atoms with van der Waals surface area (Å²) in [5.41, 5.74) is 2.52. The minimum Gasteiger partial charge on any atom is -0.380 e. The topological polar surface area (TPSA) is 34.1 Å². The summed E-state index contributed by atoms with van der Waals surface area (Å²) < 4.78 is 5.20. The van der Waals surface area contributed by atoms with Crippen molar-refractivity contribution >= 4 is 11.3 Å². The number of methoxy groups -OCH3 is 1. The van der Waals surface area contributed by atoms with E-state index in [1.54, 1.807) is 18.4 Å². The third kappa shape index (κ3) is 3.63. The fourth-order valence-corrected chi connectivity index (χ4v) is 2.57. The molecule has 0 unspecified atom stereocenters. The second kappa shape index (κ2) is 6.64. The number of rotatable bonds is 6. The van der Waals surface area contributed by atoms with Crippen molar-refractivity contribution in [3.05, 3.63) is 51.5 Å². The highest BCUT2D eigenvalue weighted by Crippen LogP contribution is 2.12. The van der Waals surface area contributed by atoms with Gasteiger partial charge in [-0.25, -0.2) is 4.98 Å². The molecule has 18 heavy (non-hydrogen) atoms. The van der Waals surface area contributed by atoms with Gasteiger partial charge in [0.15, 0.2) is 0 Å². The Labute approximate surface area is 112 Å². The minimum atomic E-state index is 0.661. The van der Waals surface area contributed by atoms with Gasteiger partial charge in [-0.1, -0.05) is 24.3 Å². The Hall–Kier alpha value is -1.23. The van der Waals surface area contributed by atoms with Crippen LogP contribution in [0.4, 0.5) is 0 Å². The molecule has 0 saturated heterocycles. The minimum absolute atomic E-state index is 0.661. The van der Waals surface area contributed by atoms with E-state index in [1.807, 2.05) is 12.3 Å². The van der Waals surface area contributed by atoms with Crippen molar-refractivity contribution in [1.82, 2.24) is 10.3 Å². The van der Waals surface area contributed by atoms with Crippen LogP contribution in [0.2, 0.25) is 0 Å². The lowest BCUT2D eigenvalue weighted by molar-refractivity contribution is 0.184.